The average Bonchev–Trinajstić information content (AvgIpc) is 2.33. The molecule has 2 nitrogen and oxygen atoms in total. The smallest absolute Gasteiger partial charge is 0.178 e. The second kappa shape index (κ2) is 4.30. The van der Waals surface area contributed by atoms with Gasteiger partial charge in [0.15, 0.2) is 11.6 Å². The summed E-state index contributed by atoms with van der Waals surface area (Å²) in [4.78, 5) is 23.3. The number of carbonyl (C=O) groups is 2. The molecule has 0 spiro atoms. The molecule has 86 valence electrons. The Bertz CT molecular complexity index is 508. The summed E-state index contributed by atoms with van der Waals surface area (Å²) in [5.41, 5.74) is -0.164. The van der Waals surface area contributed by atoms with E-state index < -0.39 is 5.41 Å². The van der Waals surface area contributed by atoms with Crippen LogP contribution >= 0.6 is 11.6 Å². The fraction of sp³-hybridized carbons (Fsp3) is 0.143. The van der Waals surface area contributed by atoms with Gasteiger partial charge >= 0.3 is 0 Å². The highest BCUT2D eigenvalue weighted by Gasteiger charge is 2.30. The molecule has 0 radical (unpaired) electrons. The SMILES string of the molecule is CC1(C(=O)c2ccc(Cl)cc2)C=CC(=O)C=C1. The minimum absolute atomic E-state index is 0.0471. The summed E-state index contributed by atoms with van der Waals surface area (Å²) >= 11 is 5.77. The van der Waals surface area contributed by atoms with Gasteiger partial charge in [-0.05, 0) is 43.3 Å². The minimum Gasteiger partial charge on any atom is -0.293 e. The summed E-state index contributed by atoms with van der Waals surface area (Å²) in [6.07, 6.45) is 6.11. The second-order valence-corrected chi connectivity index (χ2v) is 4.62. The molecular formula is C14H11ClO2. The van der Waals surface area contributed by atoms with Gasteiger partial charge in [-0.25, -0.2) is 0 Å². The predicted molar refractivity (Wildman–Crippen MR) is 67.2 cm³/mol. The van der Waals surface area contributed by atoms with Crippen LogP contribution in [0.1, 0.15) is 17.3 Å². The Morgan fingerprint density at radius 2 is 1.65 bits per heavy atom. The van der Waals surface area contributed by atoms with Crippen LogP contribution in [0.5, 0.6) is 0 Å². The second-order valence-electron chi connectivity index (χ2n) is 4.19. The zero-order valence-corrected chi connectivity index (χ0v) is 10.1. The molecule has 1 aliphatic carbocycles. The Balaban J connectivity index is 2.32. The molecule has 0 saturated heterocycles. The van der Waals surface area contributed by atoms with Crippen molar-refractivity contribution in [1.29, 1.82) is 0 Å². The van der Waals surface area contributed by atoms with Crippen LogP contribution < -0.4 is 0 Å². The fourth-order valence-corrected chi connectivity index (χ4v) is 1.81. The van der Waals surface area contributed by atoms with Crippen LogP contribution in [0.2, 0.25) is 5.02 Å². The topological polar surface area (TPSA) is 34.1 Å². The number of ketones is 2. The molecule has 0 heterocycles. The molecule has 0 saturated carbocycles. The quantitative estimate of drug-likeness (QED) is 0.751. The van der Waals surface area contributed by atoms with Crippen LogP contribution in [-0.2, 0) is 4.79 Å². The molecule has 1 aliphatic rings. The summed E-state index contributed by atoms with van der Waals surface area (Å²) in [5.74, 6) is -0.138. The number of carbonyl (C=O) groups excluding carboxylic acids is 2. The van der Waals surface area contributed by atoms with E-state index in [1.807, 2.05) is 0 Å². The Labute approximate surface area is 105 Å². The Hall–Kier alpha value is -1.67. The van der Waals surface area contributed by atoms with Crippen molar-refractivity contribution < 1.29 is 9.59 Å². The molecule has 0 atom stereocenters. The number of Topliss-reactive ketones (excluding diaryl/α,β-unsaturated/α-hetero) is 1. The van der Waals surface area contributed by atoms with E-state index in [9.17, 15) is 9.59 Å². The number of halogens is 1. The third kappa shape index (κ3) is 2.37. The lowest BCUT2D eigenvalue weighted by Crippen LogP contribution is -2.25. The van der Waals surface area contributed by atoms with Gasteiger partial charge in [0.1, 0.15) is 0 Å². The van der Waals surface area contributed by atoms with Crippen molar-refractivity contribution in [2.24, 2.45) is 5.41 Å². The lowest BCUT2D eigenvalue weighted by molar-refractivity contribution is -0.110. The first-order chi connectivity index (χ1) is 8.01. The fourth-order valence-electron chi connectivity index (χ4n) is 1.69. The number of allylic oxidation sites excluding steroid dienone is 4. The van der Waals surface area contributed by atoms with Crippen LogP contribution in [0, 0.1) is 5.41 Å². The van der Waals surface area contributed by atoms with Gasteiger partial charge in [-0.1, -0.05) is 23.8 Å². The van der Waals surface area contributed by atoms with Gasteiger partial charge in [0.2, 0.25) is 0 Å². The van der Waals surface area contributed by atoms with E-state index in [1.54, 1.807) is 43.3 Å². The molecule has 3 heteroatoms. The summed E-state index contributed by atoms with van der Waals surface area (Å²) in [6.45, 7) is 1.78. The van der Waals surface area contributed by atoms with Gasteiger partial charge in [-0.15, -0.1) is 0 Å². The Kier molecular flexibility index (Phi) is 2.99. The average molecular weight is 247 g/mol. The molecular weight excluding hydrogens is 236 g/mol. The lowest BCUT2D eigenvalue weighted by atomic mass is 9.79. The highest BCUT2D eigenvalue weighted by Crippen LogP contribution is 2.29. The van der Waals surface area contributed by atoms with Crippen LogP contribution in [0.15, 0.2) is 48.6 Å². The van der Waals surface area contributed by atoms with E-state index in [2.05, 4.69) is 0 Å². The van der Waals surface area contributed by atoms with Gasteiger partial charge in [0.05, 0.1) is 5.41 Å². The molecule has 1 aromatic rings. The first-order valence-corrected chi connectivity index (χ1v) is 5.62. The van der Waals surface area contributed by atoms with E-state index in [-0.39, 0.29) is 11.6 Å². The molecule has 1 aromatic carbocycles. The van der Waals surface area contributed by atoms with Crippen LogP contribution in [0.4, 0.5) is 0 Å². The lowest BCUT2D eigenvalue weighted by Gasteiger charge is -2.22. The highest BCUT2D eigenvalue weighted by atomic mass is 35.5. The van der Waals surface area contributed by atoms with Crippen LogP contribution in [-0.4, -0.2) is 11.6 Å². The number of rotatable bonds is 2. The van der Waals surface area contributed by atoms with Crippen molar-refractivity contribution in [3.05, 3.63) is 59.2 Å². The van der Waals surface area contributed by atoms with Crippen molar-refractivity contribution in [2.75, 3.05) is 0 Å². The van der Waals surface area contributed by atoms with Crippen LogP contribution in [0.3, 0.4) is 0 Å². The zero-order chi connectivity index (χ0) is 12.5. The maximum absolute atomic E-state index is 12.3. The molecule has 2 rings (SSSR count). The molecule has 0 aromatic heterocycles. The van der Waals surface area contributed by atoms with Crippen molar-refractivity contribution >= 4 is 23.2 Å². The molecule has 0 amide bonds. The van der Waals surface area contributed by atoms with Gasteiger partial charge in [-0.2, -0.15) is 0 Å². The number of hydrogen-bond donors (Lipinski definition) is 0. The number of benzene rings is 1. The molecule has 0 unspecified atom stereocenters. The maximum atomic E-state index is 12.3. The predicted octanol–water partition coefficient (Wildman–Crippen LogP) is 3.22. The largest absolute Gasteiger partial charge is 0.293 e. The highest BCUT2D eigenvalue weighted by molar-refractivity contribution is 6.30. The van der Waals surface area contributed by atoms with Crippen molar-refractivity contribution in [3.8, 4) is 0 Å². The van der Waals surface area contributed by atoms with E-state index in [0.29, 0.717) is 10.6 Å². The van der Waals surface area contributed by atoms with Crippen molar-refractivity contribution in [3.63, 3.8) is 0 Å². The van der Waals surface area contributed by atoms with Crippen LogP contribution in [0.25, 0.3) is 0 Å². The third-order valence-corrected chi connectivity index (χ3v) is 3.04. The molecule has 0 fully saturated rings. The number of hydrogen-bond acceptors (Lipinski definition) is 2. The van der Waals surface area contributed by atoms with Crippen molar-refractivity contribution in [1.82, 2.24) is 0 Å². The molecule has 0 aliphatic heterocycles. The maximum Gasteiger partial charge on any atom is 0.178 e. The van der Waals surface area contributed by atoms with Gasteiger partial charge in [-0.3, -0.25) is 9.59 Å². The summed E-state index contributed by atoms with van der Waals surface area (Å²) in [7, 11) is 0. The Morgan fingerprint density at radius 1 is 1.12 bits per heavy atom. The van der Waals surface area contributed by atoms with E-state index >= 15 is 0 Å². The normalized spacial score (nSPS) is 17.2. The third-order valence-electron chi connectivity index (χ3n) is 2.78. The summed E-state index contributed by atoms with van der Waals surface area (Å²) in [6, 6.07) is 6.74. The van der Waals surface area contributed by atoms with E-state index in [0.717, 1.165) is 0 Å². The van der Waals surface area contributed by atoms with Gasteiger partial charge in [0, 0.05) is 10.6 Å². The molecule has 17 heavy (non-hydrogen) atoms. The van der Waals surface area contributed by atoms with E-state index in [4.69, 9.17) is 11.6 Å². The molecule has 0 N–H and O–H groups in total. The standard InChI is InChI=1S/C14H11ClO2/c1-14(8-6-12(16)7-9-14)13(17)10-2-4-11(15)5-3-10/h2-9H,1H3. The summed E-state index contributed by atoms with van der Waals surface area (Å²) in [5, 5.41) is 0.594. The zero-order valence-electron chi connectivity index (χ0n) is 9.31. The van der Waals surface area contributed by atoms with E-state index in [1.165, 1.54) is 12.2 Å². The van der Waals surface area contributed by atoms with Crippen molar-refractivity contribution in [2.45, 2.75) is 6.92 Å². The molecule has 0 bridgehead atoms. The summed E-state index contributed by atoms with van der Waals surface area (Å²) < 4.78 is 0. The minimum atomic E-state index is -0.748. The van der Waals surface area contributed by atoms with Gasteiger partial charge < -0.3 is 0 Å². The van der Waals surface area contributed by atoms with Gasteiger partial charge in [0.25, 0.3) is 0 Å². The Morgan fingerprint density at radius 3 is 2.18 bits per heavy atom. The first kappa shape index (κ1) is 11.8. The first-order valence-electron chi connectivity index (χ1n) is 5.24. The monoisotopic (exact) mass is 246 g/mol.